The molecule has 0 bridgehead atoms. The van der Waals surface area contributed by atoms with Crippen LogP contribution in [0.15, 0.2) is 0 Å². The number of unbranched alkanes of at least 4 members (excludes halogenated alkanes) is 3. The highest BCUT2D eigenvalue weighted by Crippen LogP contribution is 2.18. The molecular formula is C13H22O6. The predicted octanol–water partition coefficient (Wildman–Crippen LogP) is 1.92. The Morgan fingerprint density at radius 2 is 1.74 bits per heavy atom. The number of esters is 1. The van der Waals surface area contributed by atoms with Gasteiger partial charge in [0.15, 0.2) is 0 Å². The van der Waals surface area contributed by atoms with E-state index >= 15 is 0 Å². The zero-order valence-corrected chi connectivity index (χ0v) is 11.4. The van der Waals surface area contributed by atoms with Crippen LogP contribution in [-0.2, 0) is 19.1 Å². The van der Waals surface area contributed by atoms with Crippen molar-refractivity contribution in [1.29, 1.82) is 0 Å². The number of rotatable bonds is 10. The first kappa shape index (κ1) is 17.4. The van der Waals surface area contributed by atoms with Crippen molar-refractivity contribution in [1.82, 2.24) is 0 Å². The summed E-state index contributed by atoms with van der Waals surface area (Å²) in [7, 11) is 0. The van der Waals surface area contributed by atoms with Crippen molar-refractivity contribution in [3.05, 3.63) is 0 Å². The van der Waals surface area contributed by atoms with E-state index in [-0.39, 0.29) is 6.61 Å². The topological polar surface area (TPSA) is 101 Å². The predicted molar refractivity (Wildman–Crippen MR) is 67.6 cm³/mol. The lowest BCUT2D eigenvalue weighted by atomic mass is 9.91. The minimum Gasteiger partial charge on any atom is -0.481 e. The van der Waals surface area contributed by atoms with E-state index in [1.54, 1.807) is 0 Å². The van der Waals surface area contributed by atoms with Crippen molar-refractivity contribution in [3.8, 4) is 0 Å². The molecule has 0 spiro atoms. The summed E-state index contributed by atoms with van der Waals surface area (Å²) >= 11 is 0. The Morgan fingerprint density at radius 1 is 1.11 bits per heavy atom. The SMILES string of the molecule is CCCCCCOC(=O)C(C)C(CC(=O)O)C(=O)O. The summed E-state index contributed by atoms with van der Waals surface area (Å²) in [6.45, 7) is 3.70. The molecule has 0 radical (unpaired) electrons. The van der Waals surface area contributed by atoms with Crippen LogP contribution in [0.3, 0.4) is 0 Å². The lowest BCUT2D eigenvalue weighted by Crippen LogP contribution is -2.31. The van der Waals surface area contributed by atoms with E-state index in [2.05, 4.69) is 6.92 Å². The second-order valence-electron chi connectivity index (χ2n) is 4.56. The highest BCUT2D eigenvalue weighted by atomic mass is 16.5. The zero-order chi connectivity index (χ0) is 14.8. The van der Waals surface area contributed by atoms with Gasteiger partial charge >= 0.3 is 17.9 Å². The van der Waals surface area contributed by atoms with Crippen LogP contribution in [-0.4, -0.2) is 34.7 Å². The third-order valence-corrected chi connectivity index (χ3v) is 2.93. The molecule has 19 heavy (non-hydrogen) atoms. The molecule has 0 saturated heterocycles. The number of aliphatic carboxylic acids is 2. The average Bonchev–Trinajstić information content (AvgIpc) is 2.34. The van der Waals surface area contributed by atoms with Gasteiger partial charge < -0.3 is 14.9 Å². The van der Waals surface area contributed by atoms with Crippen LogP contribution in [0.4, 0.5) is 0 Å². The fourth-order valence-corrected chi connectivity index (χ4v) is 1.66. The summed E-state index contributed by atoms with van der Waals surface area (Å²) in [5.74, 6) is -5.39. The number of ether oxygens (including phenoxy) is 1. The van der Waals surface area contributed by atoms with Gasteiger partial charge in [-0.1, -0.05) is 33.1 Å². The monoisotopic (exact) mass is 274 g/mol. The van der Waals surface area contributed by atoms with Crippen molar-refractivity contribution in [2.45, 2.75) is 46.0 Å². The summed E-state index contributed by atoms with van der Waals surface area (Å²) < 4.78 is 4.97. The highest BCUT2D eigenvalue weighted by Gasteiger charge is 2.33. The van der Waals surface area contributed by atoms with Crippen LogP contribution in [0.25, 0.3) is 0 Å². The first-order valence-corrected chi connectivity index (χ1v) is 6.51. The van der Waals surface area contributed by atoms with Gasteiger partial charge in [0.05, 0.1) is 24.9 Å². The number of carbonyl (C=O) groups is 3. The third kappa shape index (κ3) is 7.43. The molecule has 110 valence electrons. The van der Waals surface area contributed by atoms with E-state index in [1.807, 2.05) is 0 Å². The smallest absolute Gasteiger partial charge is 0.309 e. The van der Waals surface area contributed by atoms with Crippen molar-refractivity contribution in [2.24, 2.45) is 11.8 Å². The lowest BCUT2D eigenvalue weighted by Gasteiger charge is -2.17. The molecule has 0 aromatic heterocycles. The Morgan fingerprint density at radius 3 is 2.21 bits per heavy atom. The number of carbonyl (C=O) groups excluding carboxylic acids is 1. The molecule has 2 atom stereocenters. The second-order valence-corrected chi connectivity index (χ2v) is 4.56. The molecule has 0 aromatic carbocycles. The molecule has 0 aromatic rings. The molecule has 0 rings (SSSR count). The Bertz CT molecular complexity index is 312. The van der Waals surface area contributed by atoms with Gasteiger partial charge in [0.2, 0.25) is 0 Å². The Balaban J connectivity index is 4.19. The number of carboxylic acids is 2. The summed E-state index contributed by atoms with van der Waals surface area (Å²) in [4.78, 5) is 33.1. The first-order chi connectivity index (χ1) is 8.90. The van der Waals surface area contributed by atoms with Crippen LogP contribution in [0, 0.1) is 11.8 Å². The average molecular weight is 274 g/mol. The molecule has 0 fully saturated rings. The Hall–Kier alpha value is -1.59. The fourth-order valence-electron chi connectivity index (χ4n) is 1.66. The maximum atomic E-state index is 11.6. The van der Waals surface area contributed by atoms with E-state index in [0.717, 1.165) is 25.7 Å². The van der Waals surface area contributed by atoms with Crippen molar-refractivity contribution >= 4 is 17.9 Å². The summed E-state index contributed by atoms with van der Waals surface area (Å²) in [5.41, 5.74) is 0. The van der Waals surface area contributed by atoms with Crippen molar-refractivity contribution < 1.29 is 29.3 Å². The molecule has 2 unspecified atom stereocenters. The molecule has 0 aliphatic heterocycles. The van der Waals surface area contributed by atoms with Crippen molar-refractivity contribution in [3.63, 3.8) is 0 Å². The summed E-state index contributed by atoms with van der Waals surface area (Å²) in [6, 6.07) is 0. The third-order valence-electron chi connectivity index (χ3n) is 2.93. The quantitative estimate of drug-likeness (QED) is 0.466. The molecule has 0 amide bonds. The standard InChI is InChI=1S/C13H22O6/c1-3-4-5-6-7-19-13(18)9(2)10(12(16)17)8-11(14)15/h9-10H,3-8H2,1-2H3,(H,14,15)(H,16,17). The minimum atomic E-state index is -1.29. The number of hydrogen-bond donors (Lipinski definition) is 2. The molecule has 0 heterocycles. The summed E-state index contributed by atoms with van der Waals surface area (Å²) in [6.07, 6.45) is 3.24. The molecule has 0 saturated carbocycles. The van der Waals surface area contributed by atoms with E-state index in [4.69, 9.17) is 14.9 Å². The molecule has 0 aliphatic rings. The maximum absolute atomic E-state index is 11.6. The van der Waals surface area contributed by atoms with E-state index in [9.17, 15) is 14.4 Å². The van der Waals surface area contributed by atoms with E-state index in [1.165, 1.54) is 6.92 Å². The zero-order valence-electron chi connectivity index (χ0n) is 11.4. The normalized spacial score (nSPS) is 13.6. The van der Waals surface area contributed by atoms with Crippen LogP contribution in [0.5, 0.6) is 0 Å². The van der Waals surface area contributed by atoms with Crippen molar-refractivity contribution in [2.75, 3.05) is 6.61 Å². The molecule has 0 aliphatic carbocycles. The van der Waals surface area contributed by atoms with Gasteiger partial charge in [0, 0.05) is 0 Å². The Labute approximate surface area is 112 Å². The van der Waals surface area contributed by atoms with Crippen LogP contribution < -0.4 is 0 Å². The van der Waals surface area contributed by atoms with Gasteiger partial charge in [-0.3, -0.25) is 14.4 Å². The molecule has 2 N–H and O–H groups in total. The van der Waals surface area contributed by atoms with Gasteiger partial charge in [-0.2, -0.15) is 0 Å². The fraction of sp³-hybridized carbons (Fsp3) is 0.769. The van der Waals surface area contributed by atoms with E-state index < -0.39 is 36.2 Å². The van der Waals surface area contributed by atoms with Crippen LogP contribution >= 0.6 is 0 Å². The van der Waals surface area contributed by atoms with Gasteiger partial charge in [-0.05, 0) is 6.42 Å². The maximum Gasteiger partial charge on any atom is 0.309 e. The van der Waals surface area contributed by atoms with Gasteiger partial charge in [0.25, 0.3) is 0 Å². The van der Waals surface area contributed by atoms with E-state index in [0.29, 0.717) is 0 Å². The van der Waals surface area contributed by atoms with Crippen LogP contribution in [0.2, 0.25) is 0 Å². The molecule has 6 heteroatoms. The summed E-state index contributed by atoms with van der Waals surface area (Å²) in [5, 5.41) is 17.5. The number of carboxylic acid groups (broad SMARTS) is 2. The lowest BCUT2D eigenvalue weighted by molar-refractivity contribution is -0.159. The van der Waals surface area contributed by atoms with Gasteiger partial charge in [-0.25, -0.2) is 0 Å². The molecular weight excluding hydrogens is 252 g/mol. The number of hydrogen-bond acceptors (Lipinski definition) is 4. The van der Waals surface area contributed by atoms with Gasteiger partial charge in [-0.15, -0.1) is 0 Å². The molecule has 6 nitrogen and oxygen atoms in total. The second kappa shape index (κ2) is 9.35. The van der Waals surface area contributed by atoms with Crippen LogP contribution in [0.1, 0.15) is 46.0 Å². The minimum absolute atomic E-state index is 0.253. The van der Waals surface area contributed by atoms with Gasteiger partial charge in [0.1, 0.15) is 0 Å². The highest BCUT2D eigenvalue weighted by molar-refractivity contribution is 5.84. The largest absolute Gasteiger partial charge is 0.481 e. The first-order valence-electron chi connectivity index (χ1n) is 6.51. The Kier molecular flexibility index (Phi) is 8.57.